The molecule has 3 nitrogen and oxygen atoms in total. The molecule has 1 aliphatic heterocycles. The Kier molecular flexibility index (Phi) is 5.45. The van der Waals surface area contributed by atoms with Gasteiger partial charge in [0.05, 0.1) is 0 Å². The van der Waals surface area contributed by atoms with Gasteiger partial charge in [0, 0.05) is 13.1 Å². The van der Waals surface area contributed by atoms with Gasteiger partial charge in [0.1, 0.15) is 0 Å². The van der Waals surface area contributed by atoms with Crippen molar-refractivity contribution >= 4 is 0 Å². The summed E-state index contributed by atoms with van der Waals surface area (Å²) in [6.45, 7) is 5.76. The lowest BCUT2D eigenvalue weighted by Gasteiger charge is -2.32. The average Bonchev–Trinajstić information content (AvgIpc) is 2.15. The molecule has 3 heteroatoms. The van der Waals surface area contributed by atoms with Crippen molar-refractivity contribution in [1.82, 2.24) is 9.80 Å². The van der Waals surface area contributed by atoms with E-state index < -0.39 is 0 Å². The van der Waals surface area contributed by atoms with Crippen LogP contribution in [0.5, 0.6) is 0 Å². The highest BCUT2D eigenvalue weighted by Gasteiger charge is 2.18. The quantitative estimate of drug-likeness (QED) is 0.704. The number of rotatable bonds is 5. The monoisotopic (exact) mass is 199 g/mol. The fraction of sp³-hybridized carbons (Fsp3) is 1.00. The molecular weight excluding hydrogens is 174 g/mol. The fourth-order valence-electron chi connectivity index (χ4n) is 2.32. The highest BCUT2D eigenvalue weighted by molar-refractivity contribution is 4.73. The molecular formula is C11H25N3. The molecule has 0 spiro atoms. The summed E-state index contributed by atoms with van der Waals surface area (Å²) in [5.74, 6) is 0.872. The van der Waals surface area contributed by atoms with E-state index in [0.29, 0.717) is 0 Å². The van der Waals surface area contributed by atoms with Crippen LogP contribution in [0.25, 0.3) is 0 Å². The Hall–Kier alpha value is -0.120. The van der Waals surface area contributed by atoms with Crippen LogP contribution in [0.1, 0.15) is 19.3 Å². The third-order valence-corrected chi connectivity index (χ3v) is 3.04. The predicted molar refractivity (Wildman–Crippen MR) is 61.4 cm³/mol. The molecule has 0 aliphatic carbocycles. The van der Waals surface area contributed by atoms with Gasteiger partial charge in [-0.2, -0.15) is 0 Å². The number of likely N-dealkylation sites (tertiary alicyclic amines) is 1. The second-order valence-corrected chi connectivity index (χ2v) is 4.67. The van der Waals surface area contributed by atoms with E-state index in [1.807, 2.05) is 0 Å². The first-order chi connectivity index (χ1) is 6.72. The van der Waals surface area contributed by atoms with Gasteiger partial charge in [0.2, 0.25) is 0 Å². The summed E-state index contributed by atoms with van der Waals surface area (Å²) in [7, 11) is 4.44. The van der Waals surface area contributed by atoms with Gasteiger partial charge in [0.25, 0.3) is 0 Å². The normalized spacial score (nSPS) is 24.4. The molecule has 0 radical (unpaired) electrons. The number of nitrogens with two attached hydrogens (primary N) is 1. The molecule has 0 aromatic heterocycles. The molecule has 1 aliphatic rings. The molecule has 14 heavy (non-hydrogen) atoms. The molecule has 0 amide bonds. The Morgan fingerprint density at radius 2 is 2.29 bits per heavy atom. The standard InChI is InChI=1S/C11H25N3/c1-13-7-3-5-11(9-13)10-14(2)8-4-6-12/h11H,3-10,12H2,1-2H3. The van der Waals surface area contributed by atoms with Crippen LogP contribution in [-0.2, 0) is 0 Å². The van der Waals surface area contributed by atoms with Crippen molar-refractivity contribution in [3.8, 4) is 0 Å². The second-order valence-electron chi connectivity index (χ2n) is 4.67. The van der Waals surface area contributed by atoms with E-state index in [2.05, 4.69) is 23.9 Å². The molecule has 1 heterocycles. The Balaban J connectivity index is 2.15. The van der Waals surface area contributed by atoms with Crippen LogP contribution in [0, 0.1) is 5.92 Å². The van der Waals surface area contributed by atoms with Gasteiger partial charge in [-0.05, 0) is 58.9 Å². The summed E-state index contributed by atoms with van der Waals surface area (Å²) in [4.78, 5) is 4.88. The molecule has 1 unspecified atom stereocenters. The smallest absolute Gasteiger partial charge is 0.00188 e. The van der Waals surface area contributed by atoms with Crippen molar-refractivity contribution in [1.29, 1.82) is 0 Å². The summed E-state index contributed by atoms with van der Waals surface area (Å²) >= 11 is 0. The zero-order valence-corrected chi connectivity index (χ0v) is 9.71. The summed E-state index contributed by atoms with van der Waals surface area (Å²) in [6.07, 6.45) is 3.89. The van der Waals surface area contributed by atoms with Crippen molar-refractivity contribution in [2.45, 2.75) is 19.3 Å². The van der Waals surface area contributed by atoms with Gasteiger partial charge in [-0.1, -0.05) is 0 Å². The van der Waals surface area contributed by atoms with Gasteiger partial charge in [-0.15, -0.1) is 0 Å². The number of hydrogen-bond donors (Lipinski definition) is 1. The average molecular weight is 199 g/mol. The maximum Gasteiger partial charge on any atom is 0.00188 e. The van der Waals surface area contributed by atoms with Gasteiger partial charge in [-0.3, -0.25) is 0 Å². The van der Waals surface area contributed by atoms with Crippen molar-refractivity contribution in [3.05, 3.63) is 0 Å². The highest BCUT2D eigenvalue weighted by Crippen LogP contribution is 2.15. The first-order valence-electron chi connectivity index (χ1n) is 5.79. The molecule has 0 aromatic rings. The topological polar surface area (TPSA) is 32.5 Å². The van der Waals surface area contributed by atoms with Gasteiger partial charge in [0.15, 0.2) is 0 Å². The third kappa shape index (κ3) is 4.40. The number of hydrogen-bond acceptors (Lipinski definition) is 3. The molecule has 2 N–H and O–H groups in total. The van der Waals surface area contributed by atoms with E-state index in [-0.39, 0.29) is 0 Å². The second kappa shape index (κ2) is 6.38. The fourth-order valence-corrected chi connectivity index (χ4v) is 2.32. The minimum absolute atomic E-state index is 0.814. The lowest BCUT2D eigenvalue weighted by atomic mass is 9.98. The van der Waals surface area contributed by atoms with Crippen LogP contribution < -0.4 is 5.73 Å². The van der Waals surface area contributed by atoms with Crippen molar-refractivity contribution in [2.24, 2.45) is 11.7 Å². The minimum atomic E-state index is 0.814. The Morgan fingerprint density at radius 3 is 2.93 bits per heavy atom. The van der Waals surface area contributed by atoms with Crippen LogP contribution in [-0.4, -0.2) is 56.6 Å². The van der Waals surface area contributed by atoms with Crippen LogP contribution in [0.2, 0.25) is 0 Å². The molecule has 0 saturated carbocycles. The van der Waals surface area contributed by atoms with E-state index in [9.17, 15) is 0 Å². The molecule has 1 saturated heterocycles. The van der Waals surface area contributed by atoms with Crippen molar-refractivity contribution in [2.75, 3.05) is 46.8 Å². The van der Waals surface area contributed by atoms with Crippen molar-refractivity contribution in [3.63, 3.8) is 0 Å². The molecule has 1 rings (SSSR count). The van der Waals surface area contributed by atoms with E-state index in [1.165, 1.54) is 32.5 Å². The summed E-state index contributed by atoms with van der Waals surface area (Å²) in [6, 6.07) is 0. The van der Waals surface area contributed by atoms with E-state index in [1.54, 1.807) is 0 Å². The molecule has 1 fully saturated rings. The third-order valence-electron chi connectivity index (χ3n) is 3.04. The zero-order chi connectivity index (χ0) is 10.4. The summed E-state index contributed by atoms with van der Waals surface area (Å²) < 4.78 is 0. The first kappa shape index (κ1) is 12.0. The maximum atomic E-state index is 5.50. The van der Waals surface area contributed by atoms with Gasteiger partial charge in [-0.25, -0.2) is 0 Å². The van der Waals surface area contributed by atoms with E-state index >= 15 is 0 Å². The van der Waals surface area contributed by atoms with Crippen LogP contribution in [0.15, 0.2) is 0 Å². The maximum absolute atomic E-state index is 5.50. The molecule has 84 valence electrons. The zero-order valence-electron chi connectivity index (χ0n) is 9.71. The largest absolute Gasteiger partial charge is 0.330 e. The SMILES string of the molecule is CN(CCCN)CC1CCCN(C)C1. The first-order valence-corrected chi connectivity index (χ1v) is 5.79. The van der Waals surface area contributed by atoms with E-state index in [0.717, 1.165) is 25.4 Å². The Bertz CT molecular complexity index is 149. The Labute approximate surface area is 88.2 Å². The van der Waals surface area contributed by atoms with Crippen molar-refractivity contribution < 1.29 is 0 Å². The lowest BCUT2D eigenvalue weighted by molar-refractivity contribution is 0.166. The number of piperidine rings is 1. The van der Waals surface area contributed by atoms with Gasteiger partial charge < -0.3 is 15.5 Å². The molecule has 0 aromatic carbocycles. The van der Waals surface area contributed by atoms with Gasteiger partial charge >= 0.3 is 0 Å². The minimum Gasteiger partial charge on any atom is -0.330 e. The summed E-state index contributed by atoms with van der Waals surface area (Å²) in [5.41, 5.74) is 5.50. The van der Waals surface area contributed by atoms with Crippen LogP contribution >= 0.6 is 0 Å². The molecule has 1 atom stereocenters. The predicted octanol–water partition coefficient (Wildman–Crippen LogP) is 0.609. The van der Waals surface area contributed by atoms with Crippen LogP contribution in [0.3, 0.4) is 0 Å². The van der Waals surface area contributed by atoms with E-state index in [4.69, 9.17) is 5.73 Å². The number of nitrogens with zero attached hydrogens (tertiary/aromatic N) is 2. The molecule has 0 bridgehead atoms. The summed E-state index contributed by atoms with van der Waals surface area (Å²) in [5, 5.41) is 0. The Morgan fingerprint density at radius 1 is 1.50 bits per heavy atom. The van der Waals surface area contributed by atoms with Crippen LogP contribution in [0.4, 0.5) is 0 Å². The highest BCUT2D eigenvalue weighted by atomic mass is 15.1. The lowest BCUT2D eigenvalue weighted by Crippen LogP contribution is -2.38.